The number of nitrogens with zero attached hydrogens (tertiary/aromatic N) is 1. The van der Waals surface area contributed by atoms with E-state index in [1.807, 2.05) is 6.26 Å². The van der Waals surface area contributed by atoms with Crippen LogP contribution >= 0.6 is 24.4 Å². The molecule has 0 radical (unpaired) electrons. The number of carbonyl (C=O) groups is 4. The van der Waals surface area contributed by atoms with Gasteiger partial charge in [-0.05, 0) is 24.0 Å². The van der Waals surface area contributed by atoms with Gasteiger partial charge in [-0.25, -0.2) is 9.78 Å². The van der Waals surface area contributed by atoms with Crippen molar-refractivity contribution in [2.45, 2.75) is 43.4 Å². The van der Waals surface area contributed by atoms with E-state index in [0.29, 0.717) is 17.9 Å². The summed E-state index contributed by atoms with van der Waals surface area (Å²) in [6.45, 7) is 0. The van der Waals surface area contributed by atoms with Gasteiger partial charge in [-0.2, -0.15) is 24.4 Å². The van der Waals surface area contributed by atoms with Crippen molar-refractivity contribution < 1.29 is 24.3 Å². The normalized spacial score (nSPS) is 14.2. The minimum Gasteiger partial charge on any atom is -0.480 e. The van der Waals surface area contributed by atoms with E-state index < -0.39 is 47.9 Å². The molecule has 1 heterocycles. The van der Waals surface area contributed by atoms with Gasteiger partial charge in [-0.3, -0.25) is 14.4 Å². The number of nitrogens with one attached hydrogen (secondary N) is 4. The third kappa shape index (κ3) is 9.55. The highest BCUT2D eigenvalue weighted by Crippen LogP contribution is 2.06. The molecule has 36 heavy (non-hydrogen) atoms. The third-order valence-corrected chi connectivity index (χ3v) is 6.30. The van der Waals surface area contributed by atoms with Crippen LogP contribution in [0.1, 0.15) is 17.7 Å². The molecule has 3 amide bonds. The molecule has 2 aromatic rings. The highest BCUT2D eigenvalue weighted by atomic mass is 32.2. The molecule has 7 N–H and O–H groups in total. The van der Waals surface area contributed by atoms with Gasteiger partial charge in [0.25, 0.3) is 0 Å². The minimum absolute atomic E-state index is 0.0710. The first kappa shape index (κ1) is 29.2. The Bertz CT molecular complexity index is 992. The number of amides is 3. The summed E-state index contributed by atoms with van der Waals surface area (Å²) >= 11 is 5.70. The van der Waals surface area contributed by atoms with Crippen molar-refractivity contribution in [3.05, 3.63) is 54.1 Å². The first-order valence-electron chi connectivity index (χ1n) is 11.3. The Kier molecular flexibility index (Phi) is 12.3. The molecule has 4 atom stereocenters. The number of rotatable bonds is 15. The predicted octanol–water partition coefficient (Wildman–Crippen LogP) is -0.256. The fourth-order valence-corrected chi connectivity index (χ4v) is 4.02. The molecule has 13 heteroatoms. The zero-order valence-electron chi connectivity index (χ0n) is 19.8. The summed E-state index contributed by atoms with van der Waals surface area (Å²) in [6.07, 6.45) is 5.45. The van der Waals surface area contributed by atoms with E-state index in [4.69, 9.17) is 5.73 Å². The lowest BCUT2D eigenvalue weighted by Crippen LogP contribution is -2.58. The van der Waals surface area contributed by atoms with Crippen molar-refractivity contribution in [2.24, 2.45) is 5.73 Å². The first-order chi connectivity index (χ1) is 17.2. The van der Waals surface area contributed by atoms with Gasteiger partial charge in [0, 0.05) is 30.5 Å². The molecule has 0 fully saturated rings. The molecule has 0 saturated carbocycles. The molecule has 0 bridgehead atoms. The fourth-order valence-electron chi connectivity index (χ4n) is 3.27. The van der Waals surface area contributed by atoms with Crippen LogP contribution in [-0.2, 0) is 32.0 Å². The van der Waals surface area contributed by atoms with Gasteiger partial charge >= 0.3 is 5.97 Å². The number of aliphatic carboxylic acids is 1. The van der Waals surface area contributed by atoms with E-state index in [1.165, 1.54) is 12.5 Å². The van der Waals surface area contributed by atoms with Gasteiger partial charge in [-0.1, -0.05) is 30.3 Å². The van der Waals surface area contributed by atoms with Gasteiger partial charge < -0.3 is 31.8 Å². The molecule has 1 aromatic heterocycles. The second kappa shape index (κ2) is 15.2. The number of H-pyrrole nitrogens is 1. The molecule has 0 unspecified atom stereocenters. The number of aromatic nitrogens is 2. The van der Waals surface area contributed by atoms with Gasteiger partial charge in [-0.15, -0.1) is 0 Å². The second-order valence-corrected chi connectivity index (χ2v) is 9.41. The standard InChI is InChI=1S/C23H32N6O5S2/c1-36-8-7-16(24)20(30)27-17(10-15-11-25-13-26-15)21(31)29-19(12-35)22(32)28-18(23(33)34)9-14-5-3-2-4-6-14/h2-6,11,13,16-19,35H,7-10,12,24H2,1H3,(H,25,26)(H,27,30)(H,28,32)(H,29,31)(H,33,34)/t16-,17-,18-,19-/m0/s1. The zero-order valence-corrected chi connectivity index (χ0v) is 21.6. The lowest BCUT2D eigenvalue weighted by Gasteiger charge is -2.24. The molecule has 0 aliphatic heterocycles. The van der Waals surface area contributed by atoms with Crippen molar-refractivity contribution in [1.82, 2.24) is 25.9 Å². The number of thioether (sulfide) groups is 1. The van der Waals surface area contributed by atoms with Crippen LogP contribution in [0.25, 0.3) is 0 Å². The quantitative estimate of drug-likeness (QED) is 0.152. The molecule has 11 nitrogen and oxygen atoms in total. The number of carboxylic acid groups (broad SMARTS) is 1. The Morgan fingerprint density at radius 3 is 2.25 bits per heavy atom. The van der Waals surface area contributed by atoms with Crippen LogP contribution in [0.2, 0.25) is 0 Å². The maximum Gasteiger partial charge on any atom is 0.326 e. The number of imidazole rings is 1. The van der Waals surface area contributed by atoms with Crippen LogP contribution in [-0.4, -0.2) is 80.7 Å². The molecule has 0 aliphatic rings. The van der Waals surface area contributed by atoms with Crippen LogP contribution in [0.5, 0.6) is 0 Å². The first-order valence-corrected chi connectivity index (χ1v) is 13.3. The van der Waals surface area contributed by atoms with Crippen LogP contribution in [0.3, 0.4) is 0 Å². The van der Waals surface area contributed by atoms with Gasteiger partial charge in [0.05, 0.1) is 12.4 Å². The molecule has 0 aliphatic carbocycles. The lowest BCUT2D eigenvalue weighted by atomic mass is 10.1. The number of carbonyl (C=O) groups excluding carboxylic acids is 3. The molecule has 2 rings (SSSR count). The van der Waals surface area contributed by atoms with E-state index in [2.05, 4.69) is 38.5 Å². The summed E-state index contributed by atoms with van der Waals surface area (Å²) in [4.78, 5) is 57.0. The minimum atomic E-state index is -1.21. The number of aromatic amines is 1. The summed E-state index contributed by atoms with van der Waals surface area (Å²) in [7, 11) is 0. The van der Waals surface area contributed by atoms with Crippen molar-refractivity contribution in [3.8, 4) is 0 Å². The Labute approximate surface area is 219 Å². The smallest absolute Gasteiger partial charge is 0.326 e. The molecule has 0 spiro atoms. The number of benzene rings is 1. The second-order valence-electron chi connectivity index (χ2n) is 8.06. The average molecular weight is 537 g/mol. The molecule has 0 saturated heterocycles. The number of hydrogen-bond donors (Lipinski definition) is 7. The number of thiol groups is 1. The van der Waals surface area contributed by atoms with Crippen LogP contribution in [0.4, 0.5) is 0 Å². The predicted molar refractivity (Wildman–Crippen MR) is 141 cm³/mol. The van der Waals surface area contributed by atoms with Crippen molar-refractivity contribution in [3.63, 3.8) is 0 Å². The van der Waals surface area contributed by atoms with E-state index in [1.54, 1.807) is 42.1 Å². The van der Waals surface area contributed by atoms with Crippen LogP contribution in [0, 0.1) is 0 Å². The molecular formula is C23H32N6O5S2. The van der Waals surface area contributed by atoms with E-state index in [9.17, 15) is 24.3 Å². The van der Waals surface area contributed by atoms with E-state index in [0.717, 1.165) is 5.56 Å². The van der Waals surface area contributed by atoms with Gasteiger partial charge in [0.1, 0.15) is 18.1 Å². The highest BCUT2D eigenvalue weighted by molar-refractivity contribution is 7.98. The summed E-state index contributed by atoms with van der Waals surface area (Å²) < 4.78 is 0. The summed E-state index contributed by atoms with van der Waals surface area (Å²) in [5.41, 5.74) is 7.26. The van der Waals surface area contributed by atoms with Crippen LogP contribution < -0.4 is 21.7 Å². The molecule has 196 valence electrons. The summed E-state index contributed by atoms with van der Waals surface area (Å²) in [5, 5.41) is 17.2. The Hall–Kier alpha value is -3.03. The zero-order chi connectivity index (χ0) is 26.5. The van der Waals surface area contributed by atoms with Gasteiger partial charge in [0.2, 0.25) is 17.7 Å². The Morgan fingerprint density at radius 2 is 1.67 bits per heavy atom. The number of carboxylic acids is 1. The van der Waals surface area contributed by atoms with Crippen molar-refractivity contribution in [2.75, 3.05) is 17.8 Å². The Balaban J connectivity index is 2.08. The largest absolute Gasteiger partial charge is 0.480 e. The summed E-state index contributed by atoms with van der Waals surface area (Å²) in [6, 6.07) is 4.68. The number of hydrogen-bond acceptors (Lipinski definition) is 8. The lowest BCUT2D eigenvalue weighted by molar-refractivity contribution is -0.142. The maximum atomic E-state index is 13.1. The monoisotopic (exact) mass is 536 g/mol. The SMILES string of the molecule is CSCC[C@H](N)C(=O)N[C@@H](Cc1cnc[nH]1)C(=O)N[C@@H](CS)C(=O)N[C@@H](Cc1ccccc1)C(=O)O. The third-order valence-electron chi connectivity index (χ3n) is 5.29. The molecular weight excluding hydrogens is 504 g/mol. The highest BCUT2D eigenvalue weighted by Gasteiger charge is 2.30. The van der Waals surface area contributed by atoms with E-state index >= 15 is 0 Å². The fraction of sp³-hybridized carbons (Fsp3) is 0.435. The summed E-state index contributed by atoms with van der Waals surface area (Å²) in [5.74, 6) is -2.46. The van der Waals surface area contributed by atoms with Gasteiger partial charge in [0.15, 0.2) is 0 Å². The average Bonchev–Trinajstić information content (AvgIpc) is 3.38. The topological polar surface area (TPSA) is 179 Å². The number of nitrogens with two attached hydrogens (primary N) is 1. The van der Waals surface area contributed by atoms with Crippen molar-refractivity contribution in [1.29, 1.82) is 0 Å². The Morgan fingerprint density at radius 1 is 1.03 bits per heavy atom. The van der Waals surface area contributed by atoms with Crippen molar-refractivity contribution >= 4 is 48.1 Å². The van der Waals surface area contributed by atoms with Crippen LogP contribution in [0.15, 0.2) is 42.9 Å². The molecule has 1 aromatic carbocycles. The maximum absolute atomic E-state index is 13.1. The van der Waals surface area contributed by atoms with E-state index in [-0.39, 0.29) is 18.6 Å².